The summed E-state index contributed by atoms with van der Waals surface area (Å²) in [5, 5.41) is 10.4. The summed E-state index contributed by atoms with van der Waals surface area (Å²) in [7, 11) is 0. The lowest BCUT2D eigenvalue weighted by molar-refractivity contribution is 1.11. The minimum Gasteiger partial charge on any atom is -0.354 e. The van der Waals surface area contributed by atoms with Crippen LogP contribution in [0.1, 0.15) is 6.92 Å². The highest BCUT2D eigenvalue weighted by atomic mass is 35.5. The molecule has 0 unspecified atom stereocenters. The molecule has 3 aromatic rings. The first-order valence-electron chi connectivity index (χ1n) is 6.39. The molecule has 0 atom stereocenters. The maximum absolute atomic E-state index is 6.20. The number of fused-ring (bicyclic) bond motifs is 1. The summed E-state index contributed by atoms with van der Waals surface area (Å²) >= 11 is 14.0. The highest BCUT2D eigenvalue weighted by Gasteiger charge is 2.12. The van der Waals surface area contributed by atoms with Gasteiger partial charge in [-0.3, -0.25) is 0 Å². The van der Waals surface area contributed by atoms with Gasteiger partial charge < -0.3 is 10.6 Å². The summed E-state index contributed by atoms with van der Waals surface area (Å²) < 4.78 is 0. The smallest absolute Gasteiger partial charge is 0.226 e. The fourth-order valence-electron chi connectivity index (χ4n) is 1.92. The number of aromatic nitrogens is 2. The van der Waals surface area contributed by atoms with Gasteiger partial charge in [-0.1, -0.05) is 29.3 Å². The maximum atomic E-state index is 6.20. The molecule has 108 valence electrons. The van der Waals surface area contributed by atoms with Crippen molar-refractivity contribution in [3.8, 4) is 0 Å². The van der Waals surface area contributed by atoms with Gasteiger partial charge in [-0.15, -0.1) is 11.3 Å². The summed E-state index contributed by atoms with van der Waals surface area (Å²) in [6, 6.07) is 7.35. The highest BCUT2D eigenvalue weighted by Crippen LogP contribution is 2.35. The Hall–Kier alpha value is -1.56. The minimum absolute atomic E-state index is 0.550. The first-order valence-corrected chi connectivity index (χ1v) is 8.02. The number of nitrogens with zero attached hydrogens (tertiary/aromatic N) is 2. The molecule has 0 fully saturated rings. The molecular formula is C14H12Cl2N4S. The van der Waals surface area contributed by atoms with Crippen LogP contribution in [0.2, 0.25) is 10.0 Å². The van der Waals surface area contributed by atoms with Gasteiger partial charge in [0.25, 0.3) is 0 Å². The van der Waals surface area contributed by atoms with Crippen LogP contribution >= 0.6 is 34.5 Å². The quantitative estimate of drug-likeness (QED) is 0.688. The second-order valence-electron chi connectivity index (χ2n) is 4.29. The molecule has 4 nitrogen and oxygen atoms in total. The number of thiophene rings is 1. The molecule has 2 aromatic heterocycles. The Morgan fingerprint density at radius 2 is 1.90 bits per heavy atom. The molecule has 1 aromatic carbocycles. The number of rotatable bonds is 4. The lowest BCUT2D eigenvalue weighted by Gasteiger charge is -2.12. The summed E-state index contributed by atoms with van der Waals surface area (Å²) in [6.45, 7) is 2.75. The van der Waals surface area contributed by atoms with E-state index in [2.05, 4.69) is 20.6 Å². The van der Waals surface area contributed by atoms with E-state index in [1.54, 1.807) is 29.5 Å². The summed E-state index contributed by atoms with van der Waals surface area (Å²) in [6.07, 6.45) is 0. The van der Waals surface area contributed by atoms with Crippen molar-refractivity contribution in [1.82, 2.24) is 9.97 Å². The van der Waals surface area contributed by atoms with Gasteiger partial charge in [0.15, 0.2) is 0 Å². The fourth-order valence-corrected chi connectivity index (χ4v) is 3.18. The van der Waals surface area contributed by atoms with Crippen LogP contribution in [0.3, 0.4) is 0 Å². The minimum atomic E-state index is 0.550. The number of anilines is 3. The standard InChI is InChI=1S/C14H12Cl2N4S/c1-2-17-14-19-12(8-6-7-21-13(8)20-14)18-11-9(15)4-3-5-10(11)16/h3-7H,2H2,1H3,(H2,17,18,19,20). The predicted molar refractivity (Wildman–Crippen MR) is 91.3 cm³/mol. The van der Waals surface area contributed by atoms with E-state index < -0.39 is 0 Å². The van der Waals surface area contributed by atoms with E-state index in [0.717, 1.165) is 16.8 Å². The summed E-state index contributed by atoms with van der Waals surface area (Å²) in [4.78, 5) is 9.87. The Balaban J connectivity index is 2.09. The van der Waals surface area contributed by atoms with E-state index in [9.17, 15) is 0 Å². The molecule has 0 aliphatic rings. The maximum Gasteiger partial charge on any atom is 0.226 e. The van der Waals surface area contributed by atoms with Gasteiger partial charge in [-0.05, 0) is 30.5 Å². The molecule has 0 spiro atoms. The number of hydrogen-bond donors (Lipinski definition) is 2. The average molecular weight is 339 g/mol. The number of halogens is 2. The molecule has 0 aliphatic carbocycles. The first-order chi connectivity index (χ1) is 10.2. The van der Waals surface area contributed by atoms with Crippen molar-refractivity contribution in [3.63, 3.8) is 0 Å². The van der Waals surface area contributed by atoms with Crippen molar-refractivity contribution in [2.24, 2.45) is 0 Å². The van der Waals surface area contributed by atoms with Gasteiger partial charge in [0.1, 0.15) is 10.6 Å². The Kier molecular flexibility index (Phi) is 4.14. The van der Waals surface area contributed by atoms with E-state index in [4.69, 9.17) is 23.2 Å². The molecule has 0 amide bonds. The highest BCUT2D eigenvalue weighted by molar-refractivity contribution is 7.16. The van der Waals surface area contributed by atoms with E-state index in [1.165, 1.54) is 0 Å². The van der Waals surface area contributed by atoms with Gasteiger partial charge in [-0.2, -0.15) is 4.98 Å². The van der Waals surface area contributed by atoms with Crippen molar-refractivity contribution in [2.45, 2.75) is 6.92 Å². The molecule has 2 heterocycles. The zero-order valence-electron chi connectivity index (χ0n) is 11.2. The Bertz CT molecular complexity index is 767. The lowest BCUT2D eigenvalue weighted by atomic mass is 10.3. The van der Waals surface area contributed by atoms with Gasteiger partial charge in [0, 0.05) is 6.54 Å². The van der Waals surface area contributed by atoms with Crippen LogP contribution in [-0.4, -0.2) is 16.5 Å². The molecule has 0 saturated carbocycles. The number of para-hydroxylation sites is 1. The first kappa shape index (κ1) is 14.4. The lowest BCUT2D eigenvalue weighted by Crippen LogP contribution is -2.04. The summed E-state index contributed by atoms with van der Waals surface area (Å²) in [5.41, 5.74) is 0.648. The monoisotopic (exact) mass is 338 g/mol. The predicted octanol–water partition coefficient (Wildman–Crippen LogP) is 5.17. The van der Waals surface area contributed by atoms with Crippen molar-refractivity contribution in [2.75, 3.05) is 17.2 Å². The van der Waals surface area contributed by atoms with E-state index in [1.807, 2.05) is 18.4 Å². The summed E-state index contributed by atoms with van der Waals surface area (Å²) in [5.74, 6) is 1.27. The third-order valence-corrected chi connectivity index (χ3v) is 4.30. The normalized spacial score (nSPS) is 10.8. The largest absolute Gasteiger partial charge is 0.354 e. The second-order valence-corrected chi connectivity index (χ2v) is 6.00. The molecule has 7 heteroatoms. The SMILES string of the molecule is CCNc1nc(Nc2c(Cl)cccc2Cl)c2ccsc2n1. The van der Waals surface area contributed by atoms with Crippen LogP contribution in [0.4, 0.5) is 17.5 Å². The molecule has 0 saturated heterocycles. The molecule has 0 bridgehead atoms. The van der Waals surface area contributed by atoms with Crippen LogP contribution in [-0.2, 0) is 0 Å². The zero-order chi connectivity index (χ0) is 14.8. The van der Waals surface area contributed by atoms with Crippen molar-refractivity contribution < 1.29 is 0 Å². The van der Waals surface area contributed by atoms with Crippen molar-refractivity contribution in [1.29, 1.82) is 0 Å². The molecular weight excluding hydrogens is 327 g/mol. The number of hydrogen-bond acceptors (Lipinski definition) is 5. The van der Waals surface area contributed by atoms with Crippen molar-refractivity contribution >= 4 is 62.2 Å². The van der Waals surface area contributed by atoms with Gasteiger partial charge in [-0.25, -0.2) is 4.98 Å². The van der Waals surface area contributed by atoms with E-state index >= 15 is 0 Å². The third kappa shape index (κ3) is 2.90. The molecule has 0 radical (unpaired) electrons. The van der Waals surface area contributed by atoms with Crippen LogP contribution in [0.15, 0.2) is 29.6 Å². The second kappa shape index (κ2) is 6.05. The van der Waals surface area contributed by atoms with Gasteiger partial charge >= 0.3 is 0 Å². The fraction of sp³-hybridized carbons (Fsp3) is 0.143. The molecule has 3 rings (SSSR count). The topological polar surface area (TPSA) is 49.8 Å². The van der Waals surface area contributed by atoms with Gasteiger partial charge in [0.05, 0.1) is 21.1 Å². The van der Waals surface area contributed by atoms with Crippen LogP contribution in [0.25, 0.3) is 10.2 Å². The molecule has 21 heavy (non-hydrogen) atoms. The van der Waals surface area contributed by atoms with E-state index in [-0.39, 0.29) is 0 Å². The van der Waals surface area contributed by atoms with Crippen LogP contribution in [0, 0.1) is 0 Å². The Morgan fingerprint density at radius 1 is 1.14 bits per heavy atom. The molecule has 0 aliphatic heterocycles. The van der Waals surface area contributed by atoms with Crippen molar-refractivity contribution in [3.05, 3.63) is 39.7 Å². The average Bonchev–Trinajstić information content (AvgIpc) is 2.92. The van der Waals surface area contributed by atoms with E-state index in [0.29, 0.717) is 27.5 Å². The zero-order valence-corrected chi connectivity index (χ0v) is 13.5. The van der Waals surface area contributed by atoms with Crippen LogP contribution in [0.5, 0.6) is 0 Å². The number of benzene rings is 1. The molecule has 2 N–H and O–H groups in total. The third-order valence-electron chi connectivity index (χ3n) is 2.87. The van der Waals surface area contributed by atoms with Gasteiger partial charge in [0.2, 0.25) is 5.95 Å². The van der Waals surface area contributed by atoms with Crippen LogP contribution < -0.4 is 10.6 Å². The Morgan fingerprint density at radius 3 is 2.62 bits per heavy atom. The Labute approximate surface area is 136 Å². The number of nitrogens with one attached hydrogen (secondary N) is 2.